The second-order valence-electron chi connectivity index (χ2n) is 4.43. The zero-order valence-electron chi connectivity index (χ0n) is 9.73. The predicted octanol–water partition coefficient (Wildman–Crippen LogP) is 3.54. The van der Waals surface area contributed by atoms with E-state index in [-0.39, 0.29) is 0 Å². The number of thioether (sulfide) groups is 1. The number of pyridine rings is 1. The van der Waals surface area contributed by atoms with Gasteiger partial charge < -0.3 is 5.32 Å². The van der Waals surface area contributed by atoms with Gasteiger partial charge in [-0.15, -0.1) is 0 Å². The third-order valence-electron chi connectivity index (χ3n) is 3.26. The summed E-state index contributed by atoms with van der Waals surface area (Å²) >= 11 is 2.06. The highest BCUT2D eigenvalue weighted by Crippen LogP contribution is 2.26. The molecule has 2 aromatic rings. The molecule has 1 N–H and O–H groups in total. The Morgan fingerprint density at radius 1 is 1.18 bits per heavy atom. The van der Waals surface area contributed by atoms with Crippen LogP contribution in [0.15, 0.2) is 36.7 Å². The molecule has 0 amide bonds. The number of nitrogens with zero attached hydrogens (tertiary/aromatic N) is 1. The van der Waals surface area contributed by atoms with Crippen molar-refractivity contribution in [1.29, 1.82) is 0 Å². The molecule has 1 aliphatic rings. The Kier molecular flexibility index (Phi) is 3.18. The summed E-state index contributed by atoms with van der Waals surface area (Å²) in [6.45, 7) is 0. The van der Waals surface area contributed by atoms with Crippen LogP contribution in [0.4, 0.5) is 5.69 Å². The lowest BCUT2D eigenvalue weighted by atomic mass is 10.1. The highest BCUT2D eigenvalue weighted by Gasteiger charge is 2.14. The summed E-state index contributed by atoms with van der Waals surface area (Å²) in [6, 6.07) is 9.10. The Bertz CT molecular complexity index is 501. The van der Waals surface area contributed by atoms with Gasteiger partial charge in [0.1, 0.15) is 0 Å². The van der Waals surface area contributed by atoms with Crippen LogP contribution in [0.5, 0.6) is 0 Å². The SMILES string of the molecule is c1cc(NC2CCSCC2)c2cnccc2c1. The number of fused-ring (bicyclic) bond motifs is 1. The molecule has 1 aromatic heterocycles. The summed E-state index contributed by atoms with van der Waals surface area (Å²) in [5.41, 5.74) is 1.23. The Labute approximate surface area is 106 Å². The van der Waals surface area contributed by atoms with E-state index in [1.807, 2.05) is 12.4 Å². The maximum Gasteiger partial charge on any atom is 0.0437 e. The summed E-state index contributed by atoms with van der Waals surface area (Å²) in [5, 5.41) is 6.16. The lowest BCUT2D eigenvalue weighted by molar-refractivity contribution is 0.667. The molecule has 3 rings (SSSR count). The van der Waals surface area contributed by atoms with Crippen LogP contribution in [-0.4, -0.2) is 22.5 Å². The zero-order chi connectivity index (χ0) is 11.5. The Balaban J connectivity index is 1.89. The second kappa shape index (κ2) is 4.96. The fourth-order valence-electron chi connectivity index (χ4n) is 2.30. The van der Waals surface area contributed by atoms with E-state index >= 15 is 0 Å². The van der Waals surface area contributed by atoms with Gasteiger partial charge in [0.05, 0.1) is 0 Å². The molecule has 2 heterocycles. The van der Waals surface area contributed by atoms with Gasteiger partial charge >= 0.3 is 0 Å². The molecule has 17 heavy (non-hydrogen) atoms. The van der Waals surface area contributed by atoms with E-state index in [0.29, 0.717) is 6.04 Å². The number of rotatable bonds is 2. The van der Waals surface area contributed by atoms with Crippen molar-refractivity contribution in [1.82, 2.24) is 4.98 Å². The number of hydrogen-bond acceptors (Lipinski definition) is 3. The van der Waals surface area contributed by atoms with Gasteiger partial charge in [-0.3, -0.25) is 4.98 Å². The molecule has 1 aliphatic heterocycles. The van der Waals surface area contributed by atoms with Gasteiger partial charge in [0.2, 0.25) is 0 Å². The van der Waals surface area contributed by atoms with Crippen LogP contribution in [0.3, 0.4) is 0 Å². The van der Waals surface area contributed by atoms with Crippen molar-refractivity contribution in [3.05, 3.63) is 36.7 Å². The van der Waals surface area contributed by atoms with Gasteiger partial charge in [-0.25, -0.2) is 0 Å². The van der Waals surface area contributed by atoms with E-state index < -0.39 is 0 Å². The molecule has 88 valence electrons. The average Bonchev–Trinajstić information content (AvgIpc) is 2.40. The maximum absolute atomic E-state index is 4.22. The molecule has 1 aromatic carbocycles. The molecular formula is C14H16N2S. The van der Waals surface area contributed by atoms with E-state index in [1.165, 1.54) is 40.8 Å². The van der Waals surface area contributed by atoms with Gasteiger partial charge in [-0.2, -0.15) is 11.8 Å². The van der Waals surface area contributed by atoms with Crippen molar-refractivity contribution in [3.8, 4) is 0 Å². The smallest absolute Gasteiger partial charge is 0.0437 e. The van der Waals surface area contributed by atoms with Gasteiger partial charge in [-0.1, -0.05) is 12.1 Å². The van der Waals surface area contributed by atoms with E-state index in [0.717, 1.165) is 0 Å². The van der Waals surface area contributed by atoms with Crippen LogP contribution >= 0.6 is 11.8 Å². The van der Waals surface area contributed by atoms with Gasteiger partial charge in [0.25, 0.3) is 0 Å². The average molecular weight is 244 g/mol. The van der Waals surface area contributed by atoms with E-state index in [9.17, 15) is 0 Å². The fraction of sp³-hybridized carbons (Fsp3) is 0.357. The Hall–Kier alpha value is -1.22. The third-order valence-corrected chi connectivity index (χ3v) is 4.31. The number of benzene rings is 1. The van der Waals surface area contributed by atoms with E-state index in [1.54, 1.807) is 0 Å². The summed E-state index contributed by atoms with van der Waals surface area (Å²) in [6.07, 6.45) is 6.33. The Morgan fingerprint density at radius 2 is 2.06 bits per heavy atom. The summed E-state index contributed by atoms with van der Waals surface area (Å²) < 4.78 is 0. The van der Waals surface area contributed by atoms with Crippen LogP contribution in [0, 0.1) is 0 Å². The lowest BCUT2D eigenvalue weighted by Crippen LogP contribution is -2.24. The summed E-state index contributed by atoms with van der Waals surface area (Å²) in [4.78, 5) is 4.22. The van der Waals surface area contributed by atoms with Crippen molar-refractivity contribution < 1.29 is 0 Å². The predicted molar refractivity (Wildman–Crippen MR) is 75.7 cm³/mol. The molecule has 0 spiro atoms. The van der Waals surface area contributed by atoms with Gasteiger partial charge in [-0.05, 0) is 41.9 Å². The second-order valence-corrected chi connectivity index (χ2v) is 5.66. The highest BCUT2D eigenvalue weighted by molar-refractivity contribution is 7.99. The zero-order valence-corrected chi connectivity index (χ0v) is 10.5. The minimum Gasteiger partial charge on any atom is -0.382 e. The standard InChI is InChI=1S/C14H16N2S/c1-2-11-4-7-15-10-13(11)14(3-1)16-12-5-8-17-9-6-12/h1-4,7,10,12,16H,5-6,8-9H2. The first-order valence-electron chi connectivity index (χ1n) is 6.10. The van der Waals surface area contributed by atoms with E-state index in [4.69, 9.17) is 0 Å². The monoisotopic (exact) mass is 244 g/mol. The van der Waals surface area contributed by atoms with Crippen molar-refractivity contribution >= 4 is 28.2 Å². The molecule has 0 saturated carbocycles. The minimum atomic E-state index is 0.627. The molecule has 3 heteroatoms. The third kappa shape index (κ3) is 2.39. The van der Waals surface area contributed by atoms with Crippen LogP contribution in [0.2, 0.25) is 0 Å². The van der Waals surface area contributed by atoms with Crippen LogP contribution in [-0.2, 0) is 0 Å². The van der Waals surface area contributed by atoms with Crippen LogP contribution < -0.4 is 5.32 Å². The number of hydrogen-bond donors (Lipinski definition) is 1. The van der Waals surface area contributed by atoms with E-state index in [2.05, 4.69) is 46.3 Å². The fourth-order valence-corrected chi connectivity index (χ4v) is 3.41. The Morgan fingerprint density at radius 3 is 2.94 bits per heavy atom. The number of nitrogens with one attached hydrogen (secondary N) is 1. The van der Waals surface area contributed by atoms with Crippen molar-refractivity contribution in [2.45, 2.75) is 18.9 Å². The first kappa shape index (κ1) is 10.9. The van der Waals surface area contributed by atoms with Crippen molar-refractivity contribution in [2.24, 2.45) is 0 Å². The molecule has 1 fully saturated rings. The summed E-state index contributed by atoms with van der Waals surface area (Å²) in [7, 11) is 0. The van der Waals surface area contributed by atoms with Crippen molar-refractivity contribution in [3.63, 3.8) is 0 Å². The van der Waals surface area contributed by atoms with Crippen LogP contribution in [0.25, 0.3) is 10.8 Å². The molecule has 0 bridgehead atoms. The first-order chi connectivity index (χ1) is 8.43. The van der Waals surface area contributed by atoms with Gasteiger partial charge in [0, 0.05) is 29.5 Å². The molecule has 1 saturated heterocycles. The first-order valence-corrected chi connectivity index (χ1v) is 7.26. The number of aromatic nitrogens is 1. The number of anilines is 1. The molecule has 0 atom stereocenters. The van der Waals surface area contributed by atoms with Crippen LogP contribution in [0.1, 0.15) is 12.8 Å². The quantitative estimate of drug-likeness (QED) is 0.874. The highest BCUT2D eigenvalue weighted by atomic mass is 32.2. The molecule has 2 nitrogen and oxygen atoms in total. The minimum absolute atomic E-state index is 0.627. The molecule has 0 unspecified atom stereocenters. The topological polar surface area (TPSA) is 24.9 Å². The molecule has 0 aliphatic carbocycles. The molecular weight excluding hydrogens is 228 g/mol. The lowest BCUT2D eigenvalue weighted by Gasteiger charge is -2.24. The van der Waals surface area contributed by atoms with Crippen molar-refractivity contribution in [2.75, 3.05) is 16.8 Å². The normalized spacial score (nSPS) is 17.2. The largest absolute Gasteiger partial charge is 0.382 e. The molecule has 0 radical (unpaired) electrons. The summed E-state index contributed by atoms with van der Waals surface area (Å²) in [5.74, 6) is 2.56. The maximum atomic E-state index is 4.22. The van der Waals surface area contributed by atoms with Gasteiger partial charge in [0.15, 0.2) is 0 Å².